The molecule has 0 aromatic heterocycles. The summed E-state index contributed by atoms with van der Waals surface area (Å²) in [6.45, 7) is 6.43. The van der Waals surface area contributed by atoms with Gasteiger partial charge in [-0.15, -0.1) is 0 Å². The Morgan fingerprint density at radius 1 is 1.00 bits per heavy atom. The van der Waals surface area contributed by atoms with Crippen LogP contribution >= 0.6 is 0 Å². The zero-order valence-electron chi connectivity index (χ0n) is 13.1. The van der Waals surface area contributed by atoms with Gasteiger partial charge in [-0.2, -0.15) is 0 Å². The van der Waals surface area contributed by atoms with Gasteiger partial charge in [0.1, 0.15) is 5.82 Å². The molecular formula is C19H20FNO. The van der Waals surface area contributed by atoms with Gasteiger partial charge in [0, 0.05) is 11.8 Å². The molecule has 0 atom stereocenters. The van der Waals surface area contributed by atoms with E-state index in [1.165, 1.54) is 23.8 Å². The minimum absolute atomic E-state index is 0.0883. The highest BCUT2D eigenvalue weighted by atomic mass is 19.1. The Hall–Kier alpha value is -2.42. The number of nitrogens with one attached hydrogen (secondary N) is 1. The summed E-state index contributed by atoms with van der Waals surface area (Å²) in [5.74, 6) is -0.506. The van der Waals surface area contributed by atoms with Gasteiger partial charge >= 0.3 is 0 Å². The van der Waals surface area contributed by atoms with Gasteiger partial charge in [0.2, 0.25) is 5.91 Å². The van der Waals surface area contributed by atoms with E-state index in [2.05, 4.69) is 26.1 Å². The number of benzene rings is 2. The lowest BCUT2D eigenvalue weighted by Gasteiger charge is -2.19. The summed E-state index contributed by atoms with van der Waals surface area (Å²) in [7, 11) is 0. The first-order chi connectivity index (χ1) is 10.3. The van der Waals surface area contributed by atoms with Gasteiger partial charge in [0.25, 0.3) is 0 Å². The van der Waals surface area contributed by atoms with Gasteiger partial charge < -0.3 is 5.32 Å². The first-order valence-electron chi connectivity index (χ1n) is 7.20. The third-order valence-corrected chi connectivity index (χ3v) is 3.32. The molecule has 0 radical (unpaired) electrons. The van der Waals surface area contributed by atoms with E-state index >= 15 is 0 Å². The molecule has 0 spiro atoms. The van der Waals surface area contributed by atoms with E-state index in [0.29, 0.717) is 0 Å². The molecule has 0 aliphatic rings. The van der Waals surface area contributed by atoms with Crippen LogP contribution < -0.4 is 5.32 Å². The monoisotopic (exact) mass is 297 g/mol. The first kappa shape index (κ1) is 16.0. The fraction of sp³-hybridized carbons (Fsp3) is 0.211. The maximum atomic E-state index is 12.8. The van der Waals surface area contributed by atoms with Crippen LogP contribution in [0.5, 0.6) is 0 Å². The summed E-state index contributed by atoms with van der Waals surface area (Å²) in [4.78, 5) is 11.9. The van der Waals surface area contributed by atoms with E-state index in [4.69, 9.17) is 0 Å². The molecule has 2 aromatic rings. The SMILES string of the molecule is CC(C)(C)c1ccc(NC(=O)/C=C/c2ccc(F)cc2)cc1. The highest BCUT2D eigenvalue weighted by Crippen LogP contribution is 2.23. The van der Waals surface area contributed by atoms with Gasteiger partial charge in [-0.1, -0.05) is 45.0 Å². The molecule has 22 heavy (non-hydrogen) atoms. The Kier molecular flexibility index (Phi) is 4.76. The summed E-state index contributed by atoms with van der Waals surface area (Å²) in [5, 5.41) is 2.80. The van der Waals surface area contributed by atoms with Gasteiger partial charge in [0.05, 0.1) is 0 Å². The molecule has 1 amide bonds. The molecule has 0 unspecified atom stereocenters. The maximum absolute atomic E-state index is 12.8. The largest absolute Gasteiger partial charge is 0.323 e. The number of anilines is 1. The van der Waals surface area contributed by atoms with Crippen LogP contribution in [-0.2, 0) is 10.2 Å². The summed E-state index contributed by atoms with van der Waals surface area (Å²) >= 11 is 0. The third kappa shape index (κ3) is 4.55. The lowest BCUT2D eigenvalue weighted by atomic mass is 9.87. The van der Waals surface area contributed by atoms with Crippen LogP contribution in [0.25, 0.3) is 6.08 Å². The predicted octanol–water partition coefficient (Wildman–Crippen LogP) is 4.78. The fourth-order valence-corrected chi connectivity index (χ4v) is 1.98. The number of amides is 1. The summed E-state index contributed by atoms with van der Waals surface area (Å²) < 4.78 is 12.8. The average molecular weight is 297 g/mol. The van der Waals surface area contributed by atoms with E-state index in [0.717, 1.165) is 11.3 Å². The molecule has 0 heterocycles. The second-order valence-electron chi connectivity index (χ2n) is 6.20. The number of carbonyl (C=O) groups excluding carboxylic acids is 1. The summed E-state index contributed by atoms with van der Waals surface area (Å²) in [6.07, 6.45) is 3.09. The molecule has 0 bridgehead atoms. The van der Waals surface area contributed by atoms with Crippen molar-refractivity contribution in [2.45, 2.75) is 26.2 Å². The molecule has 2 aromatic carbocycles. The van der Waals surface area contributed by atoms with Gasteiger partial charge in [-0.05, 0) is 46.9 Å². The first-order valence-corrected chi connectivity index (χ1v) is 7.20. The zero-order valence-corrected chi connectivity index (χ0v) is 13.1. The van der Waals surface area contributed by atoms with Gasteiger partial charge in [0.15, 0.2) is 0 Å². The second-order valence-corrected chi connectivity index (χ2v) is 6.20. The van der Waals surface area contributed by atoms with Crippen LogP contribution in [0.4, 0.5) is 10.1 Å². The highest BCUT2D eigenvalue weighted by Gasteiger charge is 2.12. The van der Waals surface area contributed by atoms with E-state index < -0.39 is 0 Å². The number of rotatable bonds is 3. The van der Waals surface area contributed by atoms with E-state index in [1.54, 1.807) is 18.2 Å². The van der Waals surface area contributed by atoms with E-state index in [-0.39, 0.29) is 17.1 Å². The zero-order chi connectivity index (χ0) is 16.2. The Morgan fingerprint density at radius 3 is 2.14 bits per heavy atom. The number of hydrogen-bond acceptors (Lipinski definition) is 1. The number of hydrogen-bond donors (Lipinski definition) is 1. The van der Waals surface area contributed by atoms with Crippen molar-refractivity contribution in [2.75, 3.05) is 5.32 Å². The molecule has 3 heteroatoms. The normalized spacial score (nSPS) is 11.6. The third-order valence-electron chi connectivity index (χ3n) is 3.32. The van der Waals surface area contributed by atoms with Crippen LogP contribution in [0.1, 0.15) is 31.9 Å². The Balaban J connectivity index is 1.98. The Labute approximate surface area is 130 Å². The minimum Gasteiger partial charge on any atom is -0.323 e. The van der Waals surface area contributed by atoms with Crippen molar-refractivity contribution in [1.29, 1.82) is 0 Å². The van der Waals surface area contributed by atoms with Crippen molar-refractivity contribution in [2.24, 2.45) is 0 Å². The predicted molar refractivity (Wildman–Crippen MR) is 89.2 cm³/mol. The van der Waals surface area contributed by atoms with Crippen LogP contribution in [0, 0.1) is 5.82 Å². The minimum atomic E-state index is -0.291. The Morgan fingerprint density at radius 2 is 1.59 bits per heavy atom. The molecule has 0 aliphatic carbocycles. The van der Waals surface area contributed by atoms with E-state index in [1.807, 2.05) is 24.3 Å². The van der Waals surface area contributed by atoms with Crippen LogP contribution in [0.15, 0.2) is 54.6 Å². The molecule has 1 N–H and O–H groups in total. The maximum Gasteiger partial charge on any atom is 0.248 e. The molecule has 0 saturated carbocycles. The summed E-state index contributed by atoms with van der Waals surface area (Å²) in [5.41, 5.74) is 2.83. The van der Waals surface area contributed by atoms with Crippen LogP contribution in [0.2, 0.25) is 0 Å². The van der Waals surface area contributed by atoms with Crippen LogP contribution in [0.3, 0.4) is 0 Å². The van der Waals surface area contributed by atoms with Crippen LogP contribution in [-0.4, -0.2) is 5.91 Å². The average Bonchev–Trinajstić information content (AvgIpc) is 2.46. The lowest BCUT2D eigenvalue weighted by Crippen LogP contribution is -2.12. The van der Waals surface area contributed by atoms with Crippen molar-refractivity contribution in [3.05, 3.63) is 71.6 Å². The van der Waals surface area contributed by atoms with E-state index in [9.17, 15) is 9.18 Å². The van der Waals surface area contributed by atoms with Gasteiger partial charge in [-0.25, -0.2) is 4.39 Å². The smallest absolute Gasteiger partial charge is 0.248 e. The molecule has 0 fully saturated rings. The number of carbonyl (C=O) groups is 1. The van der Waals surface area contributed by atoms with Gasteiger partial charge in [-0.3, -0.25) is 4.79 Å². The topological polar surface area (TPSA) is 29.1 Å². The van der Waals surface area contributed by atoms with Crippen molar-refractivity contribution in [3.63, 3.8) is 0 Å². The molecule has 2 nitrogen and oxygen atoms in total. The number of halogens is 1. The quantitative estimate of drug-likeness (QED) is 0.812. The Bertz CT molecular complexity index is 664. The van der Waals surface area contributed by atoms with Crippen molar-refractivity contribution < 1.29 is 9.18 Å². The van der Waals surface area contributed by atoms with Crippen molar-refractivity contribution in [3.8, 4) is 0 Å². The fourth-order valence-electron chi connectivity index (χ4n) is 1.98. The summed E-state index contributed by atoms with van der Waals surface area (Å²) in [6, 6.07) is 13.8. The molecule has 0 saturated heterocycles. The standard InChI is InChI=1S/C19H20FNO/c1-19(2,3)15-7-11-17(12-8-15)21-18(22)13-6-14-4-9-16(20)10-5-14/h4-13H,1-3H3,(H,21,22)/b13-6+. The molecule has 2 rings (SSSR count). The highest BCUT2D eigenvalue weighted by molar-refractivity contribution is 6.01. The van der Waals surface area contributed by atoms with Crippen molar-refractivity contribution >= 4 is 17.7 Å². The molecular weight excluding hydrogens is 277 g/mol. The van der Waals surface area contributed by atoms with Crippen molar-refractivity contribution in [1.82, 2.24) is 0 Å². The lowest BCUT2D eigenvalue weighted by molar-refractivity contribution is -0.111. The molecule has 0 aliphatic heterocycles. The second kappa shape index (κ2) is 6.56. The molecule has 114 valence electrons.